The molecule has 35 heavy (non-hydrogen) atoms. The summed E-state index contributed by atoms with van der Waals surface area (Å²) in [6, 6.07) is 0. The zero-order valence-electron chi connectivity index (χ0n) is 22.8. The minimum Gasteiger partial charge on any atom is -0.355 e. The van der Waals surface area contributed by atoms with Gasteiger partial charge in [-0.2, -0.15) is 0 Å². The van der Waals surface area contributed by atoms with Crippen LogP contribution in [0.4, 0.5) is 0 Å². The van der Waals surface area contributed by atoms with Crippen molar-refractivity contribution in [2.45, 2.75) is 110 Å². The Labute approximate surface area is 216 Å². The largest absolute Gasteiger partial charge is 0.355 e. The molecule has 0 aromatic rings. The van der Waals surface area contributed by atoms with E-state index in [-0.39, 0.29) is 11.8 Å². The molecule has 0 aromatic heterocycles. The Hall–Kier alpha value is -1.44. The maximum absolute atomic E-state index is 11.9. The van der Waals surface area contributed by atoms with Crippen LogP contribution < -0.4 is 22.1 Å². The lowest BCUT2D eigenvalue weighted by Gasteiger charge is -2.22. The first-order chi connectivity index (χ1) is 17.1. The standard InChI is InChI=1S/C28H57N5O2/c1-2-3-4-5-6-7-8-9-10-11-12-13-14-15-16-17-24-33(25-18-27(34)31-22-20-29)26-19-28(35)32-23-21-30/h9-10H,2-8,11-26,29-30H2,1H3,(H,31,34)(H,32,35)/b10-9-. The number of nitrogens with zero attached hydrogens (tertiary/aromatic N) is 1. The average molecular weight is 496 g/mol. The number of hydrogen-bond donors (Lipinski definition) is 4. The van der Waals surface area contributed by atoms with Gasteiger partial charge in [0.1, 0.15) is 0 Å². The molecule has 7 heteroatoms. The van der Waals surface area contributed by atoms with Gasteiger partial charge >= 0.3 is 0 Å². The van der Waals surface area contributed by atoms with Crippen molar-refractivity contribution in [3.63, 3.8) is 0 Å². The Bertz CT molecular complexity index is 490. The zero-order chi connectivity index (χ0) is 25.8. The fourth-order valence-corrected chi connectivity index (χ4v) is 4.04. The topological polar surface area (TPSA) is 113 Å². The van der Waals surface area contributed by atoms with Crippen molar-refractivity contribution >= 4 is 11.8 Å². The van der Waals surface area contributed by atoms with Crippen LogP contribution in [0.1, 0.15) is 110 Å². The Kier molecular flexibility index (Phi) is 26.0. The third-order valence-corrected chi connectivity index (χ3v) is 6.23. The van der Waals surface area contributed by atoms with Crippen LogP contribution in [0.5, 0.6) is 0 Å². The summed E-state index contributed by atoms with van der Waals surface area (Å²) in [5.41, 5.74) is 10.9. The first-order valence-corrected chi connectivity index (χ1v) is 14.4. The second-order valence-corrected chi connectivity index (χ2v) is 9.56. The zero-order valence-corrected chi connectivity index (χ0v) is 22.8. The number of nitrogens with two attached hydrogens (primary N) is 2. The third-order valence-electron chi connectivity index (χ3n) is 6.23. The Balaban J connectivity index is 3.86. The minimum absolute atomic E-state index is 0.0223. The Morgan fingerprint density at radius 2 is 1.06 bits per heavy atom. The van der Waals surface area contributed by atoms with E-state index in [1.165, 1.54) is 83.5 Å². The average Bonchev–Trinajstić information content (AvgIpc) is 2.86. The van der Waals surface area contributed by atoms with Crippen molar-refractivity contribution in [1.29, 1.82) is 0 Å². The smallest absolute Gasteiger partial charge is 0.221 e. The molecule has 7 nitrogen and oxygen atoms in total. The Morgan fingerprint density at radius 3 is 1.51 bits per heavy atom. The molecule has 0 aliphatic rings. The lowest BCUT2D eigenvalue weighted by Crippen LogP contribution is -2.36. The van der Waals surface area contributed by atoms with Gasteiger partial charge in [0.15, 0.2) is 0 Å². The first-order valence-electron chi connectivity index (χ1n) is 14.4. The van der Waals surface area contributed by atoms with E-state index in [0.717, 1.165) is 13.0 Å². The summed E-state index contributed by atoms with van der Waals surface area (Å²) < 4.78 is 0. The summed E-state index contributed by atoms with van der Waals surface area (Å²) >= 11 is 0. The highest BCUT2D eigenvalue weighted by Crippen LogP contribution is 2.10. The van der Waals surface area contributed by atoms with Gasteiger partial charge in [0.25, 0.3) is 0 Å². The molecule has 0 atom stereocenters. The van der Waals surface area contributed by atoms with E-state index in [0.29, 0.717) is 52.1 Å². The molecule has 0 aromatic carbocycles. The molecule has 206 valence electrons. The molecule has 0 fully saturated rings. The van der Waals surface area contributed by atoms with Gasteiger partial charge in [-0.25, -0.2) is 0 Å². The molecule has 2 amide bonds. The van der Waals surface area contributed by atoms with Crippen molar-refractivity contribution in [2.75, 3.05) is 45.8 Å². The number of amides is 2. The second-order valence-electron chi connectivity index (χ2n) is 9.56. The van der Waals surface area contributed by atoms with Crippen LogP contribution in [0, 0.1) is 0 Å². The quantitative estimate of drug-likeness (QED) is 0.106. The van der Waals surface area contributed by atoms with Crippen LogP contribution in [0.25, 0.3) is 0 Å². The van der Waals surface area contributed by atoms with Crippen LogP contribution in [0.2, 0.25) is 0 Å². The van der Waals surface area contributed by atoms with Crippen LogP contribution in [-0.2, 0) is 9.59 Å². The molecule has 0 unspecified atom stereocenters. The highest BCUT2D eigenvalue weighted by molar-refractivity contribution is 5.76. The molecule has 0 rings (SSSR count). The van der Waals surface area contributed by atoms with Gasteiger partial charge in [-0.3, -0.25) is 9.59 Å². The highest BCUT2D eigenvalue weighted by Gasteiger charge is 2.10. The van der Waals surface area contributed by atoms with Crippen LogP contribution >= 0.6 is 0 Å². The molecule has 0 aliphatic heterocycles. The Morgan fingerprint density at radius 1 is 0.629 bits per heavy atom. The maximum Gasteiger partial charge on any atom is 0.221 e. The van der Waals surface area contributed by atoms with Gasteiger partial charge in [0, 0.05) is 52.1 Å². The summed E-state index contributed by atoms with van der Waals surface area (Å²) in [6.07, 6.45) is 23.7. The van der Waals surface area contributed by atoms with Gasteiger partial charge in [-0.05, 0) is 38.6 Å². The lowest BCUT2D eigenvalue weighted by molar-refractivity contribution is -0.121. The molecule has 0 bridgehead atoms. The number of allylic oxidation sites excluding steroid dienone is 2. The van der Waals surface area contributed by atoms with Crippen molar-refractivity contribution < 1.29 is 9.59 Å². The van der Waals surface area contributed by atoms with Crippen molar-refractivity contribution in [3.05, 3.63) is 12.2 Å². The third kappa shape index (κ3) is 25.5. The first kappa shape index (κ1) is 33.6. The normalized spacial score (nSPS) is 11.4. The molecular formula is C28H57N5O2. The van der Waals surface area contributed by atoms with E-state index in [1.54, 1.807) is 0 Å². The molecule has 0 radical (unpaired) electrons. The number of carbonyl (C=O) groups is 2. The molecule has 0 saturated carbocycles. The van der Waals surface area contributed by atoms with E-state index in [1.807, 2.05) is 0 Å². The van der Waals surface area contributed by atoms with Crippen LogP contribution in [0.15, 0.2) is 12.2 Å². The SMILES string of the molecule is CCCCCCCC/C=C\CCCCCCCCN(CCC(=O)NCCN)CCC(=O)NCCN. The highest BCUT2D eigenvalue weighted by atomic mass is 16.2. The van der Waals surface area contributed by atoms with Crippen molar-refractivity contribution in [3.8, 4) is 0 Å². The minimum atomic E-state index is 0.0223. The fourth-order valence-electron chi connectivity index (χ4n) is 4.04. The van der Waals surface area contributed by atoms with E-state index >= 15 is 0 Å². The number of carbonyl (C=O) groups excluding carboxylic acids is 2. The monoisotopic (exact) mass is 495 g/mol. The summed E-state index contributed by atoms with van der Waals surface area (Å²) in [7, 11) is 0. The van der Waals surface area contributed by atoms with Crippen LogP contribution in [0.3, 0.4) is 0 Å². The predicted octanol–water partition coefficient (Wildman–Crippen LogP) is 4.26. The van der Waals surface area contributed by atoms with Crippen LogP contribution in [-0.4, -0.2) is 62.5 Å². The second kappa shape index (κ2) is 27.2. The fraction of sp³-hybridized carbons (Fsp3) is 0.857. The predicted molar refractivity (Wildman–Crippen MR) is 149 cm³/mol. The number of hydrogen-bond acceptors (Lipinski definition) is 5. The molecule has 0 heterocycles. The lowest BCUT2D eigenvalue weighted by atomic mass is 10.1. The van der Waals surface area contributed by atoms with Gasteiger partial charge in [0.2, 0.25) is 11.8 Å². The number of unbranched alkanes of at least 4 members (excludes halogenated alkanes) is 12. The molecule has 0 aliphatic carbocycles. The van der Waals surface area contributed by atoms with E-state index < -0.39 is 0 Å². The van der Waals surface area contributed by atoms with E-state index in [9.17, 15) is 9.59 Å². The van der Waals surface area contributed by atoms with Gasteiger partial charge in [0.05, 0.1) is 0 Å². The van der Waals surface area contributed by atoms with Gasteiger partial charge in [-0.15, -0.1) is 0 Å². The molecule has 0 spiro atoms. The summed E-state index contributed by atoms with van der Waals surface area (Å²) in [5.74, 6) is 0.0445. The van der Waals surface area contributed by atoms with Crippen molar-refractivity contribution in [1.82, 2.24) is 15.5 Å². The maximum atomic E-state index is 11.9. The number of rotatable bonds is 26. The molecule has 6 N–H and O–H groups in total. The summed E-state index contributed by atoms with van der Waals surface area (Å²) in [4.78, 5) is 26.1. The number of nitrogens with one attached hydrogen (secondary N) is 2. The van der Waals surface area contributed by atoms with Gasteiger partial charge < -0.3 is 27.0 Å². The summed E-state index contributed by atoms with van der Waals surface area (Å²) in [5, 5.41) is 5.63. The van der Waals surface area contributed by atoms with Crippen molar-refractivity contribution in [2.24, 2.45) is 11.5 Å². The summed E-state index contributed by atoms with van der Waals surface area (Å²) in [6.45, 7) is 6.46. The van der Waals surface area contributed by atoms with E-state index in [4.69, 9.17) is 11.5 Å². The van der Waals surface area contributed by atoms with E-state index in [2.05, 4.69) is 34.6 Å². The molecular weight excluding hydrogens is 438 g/mol. The van der Waals surface area contributed by atoms with Gasteiger partial charge in [-0.1, -0.05) is 76.9 Å². The molecule has 0 saturated heterocycles.